The molecule has 15 nitrogen and oxygen atoms in total. The summed E-state index contributed by atoms with van der Waals surface area (Å²) < 4.78 is 42.5. The van der Waals surface area contributed by atoms with Crippen LogP contribution >= 0.6 is 11.6 Å². The van der Waals surface area contributed by atoms with Gasteiger partial charge in [0.15, 0.2) is 17.3 Å². The van der Waals surface area contributed by atoms with Crippen molar-refractivity contribution in [3.8, 4) is 17.1 Å². The Kier molecular flexibility index (Phi) is 9.56. The van der Waals surface area contributed by atoms with Crippen LogP contribution in [0.4, 0.5) is 18.9 Å². The van der Waals surface area contributed by atoms with Gasteiger partial charge in [-0.1, -0.05) is 18.5 Å². The van der Waals surface area contributed by atoms with Crippen LogP contribution in [-0.4, -0.2) is 81.5 Å². The number of nitrogens with zero attached hydrogens (tertiary/aromatic N) is 8. The van der Waals surface area contributed by atoms with Gasteiger partial charge in [0.25, 0.3) is 17.4 Å². The van der Waals surface area contributed by atoms with Crippen molar-refractivity contribution in [2.75, 3.05) is 25.0 Å². The number of fused-ring (bicyclic) bond motifs is 3. The first-order chi connectivity index (χ1) is 26.1. The number of aromatic hydroxyl groups is 1. The highest BCUT2D eigenvalue weighted by molar-refractivity contribution is 6.33. The van der Waals surface area contributed by atoms with Gasteiger partial charge in [-0.05, 0) is 69.4 Å². The van der Waals surface area contributed by atoms with Crippen molar-refractivity contribution in [1.82, 2.24) is 44.3 Å². The molecule has 1 unspecified atom stereocenters. The van der Waals surface area contributed by atoms with Crippen LogP contribution in [0.1, 0.15) is 82.5 Å². The number of hydrogen-bond acceptors (Lipinski definition) is 10. The zero-order valence-corrected chi connectivity index (χ0v) is 30.5. The molecule has 1 saturated heterocycles. The van der Waals surface area contributed by atoms with Gasteiger partial charge in [0, 0.05) is 48.1 Å². The molecule has 0 bridgehead atoms. The molecule has 5 aromatic rings. The van der Waals surface area contributed by atoms with Crippen LogP contribution in [0.15, 0.2) is 47.7 Å². The number of piperidine rings is 1. The Morgan fingerprint density at radius 2 is 1.84 bits per heavy atom. The van der Waals surface area contributed by atoms with E-state index in [1.807, 2.05) is 6.92 Å². The standard InChI is InChI=1S/C36H34ClF3N10O5/c1-4-41-31(53)24-7-5-20(15-42-24)30-46-34-49(16-25(51)45-23-8-6-21(13-22(23)37)36(38,39)40)28-18(2)14-35(26(28)32(54)50(34)47-30)9-11-48(12-10-35)33(55)27-29(52)19(3)43-17-44-27/h5-8,13,15,17-18,52H,4,9-12,14,16H2,1-3H3,(H,41,53)(H,45,51). The lowest BCUT2D eigenvalue weighted by molar-refractivity contribution is -0.137. The number of alkyl halides is 3. The molecule has 0 radical (unpaired) electrons. The molecule has 1 spiro atoms. The number of carbonyl (C=O) groups excluding carboxylic acids is 3. The molecule has 3 N–H and O–H groups in total. The van der Waals surface area contributed by atoms with E-state index >= 15 is 0 Å². The Bertz CT molecular complexity index is 2420. The van der Waals surface area contributed by atoms with Gasteiger partial charge in [-0.15, -0.1) is 5.10 Å². The third-order valence-corrected chi connectivity index (χ3v) is 10.5. The maximum absolute atomic E-state index is 14.5. The molecular formula is C36H34ClF3N10O5. The Morgan fingerprint density at radius 3 is 2.49 bits per heavy atom. The molecule has 4 aromatic heterocycles. The molecule has 19 heteroatoms. The minimum atomic E-state index is -4.64. The van der Waals surface area contributed by atoms with Gasteiger partial charge < -0.3 is 25.2 Å². The average molecular weight is 779 g/mol. The van der Waals surface area contributed by atoms with Crippen LogP contribution in [0.25, 0.3) is 17.2 Å². The summed E-state index contributed by atoms with van der Waals surface area (Å²) in [7, 11) is 0. The summed E-state index contributed by atoms with van der Waals surface area (Å²) in [5, 5.41) is 19.9. The number of aryl methyl sites for hydroxylation is 1. The van der Waals surface area contributed by atoms with Crippen LogP contribution in [0.5, 0.6) is 5.75 Å². The maximum Gasteiger partial charge on any atom is 0.416 e. The molecule has 2 aliphatic rings. The Labute approximate surface area is 315 Å². The quantitative estimate of drug-likeness (QED) is 0.212. The van der Waals surface area contributed by atoms with Crippen molar-refractivity contribution in [2.24, 2.45) is 0 Å². The largest absolute Gasteiger partial charge is 0.504 e. The number of benzene rings is 1. The number of nitrogens with one attached hydrogen (secondary N) is 2. The van der Waals surface area contributed by atoms with Gasteiger partial charge in [-0.3, -0.25) is 24.2 Å². The normalized spacial score (nSPS) is 16.3. The highest BCUT2D eigenvalue weighted by Crippen LogP contribution is 2.50. The summed E-state index contributed by atoms with van der Waals surface area (Å²) in [4.78, 5) is 72.3. The first kappa shape index (κ1) is 37.4. The lowest BCUT2D eigenvalue weighted by atomic mass is 9.73. The molecule has 1 aliphatic heterocycles. The molecule has 5 heterocycles. The fourth-order valence-electron chi connectivity index (χ4n) is 7.55. The number of carbonyl (C=O) groups is 3. The van der Waals surface area contributed by atoms with Crippen molar-refractivity contribution < 1.29 is 32.7 Å². The van der Waals surface area contributed by atoms with Gasteiger partial charge >= 0.3 is 6.18 Å². The summed E-state index contributed by atoms with van der Waals surface area (Å²) in [6, 6.07) is 5.67. The number of pyridine rings is 1. The second kappa shape index (κ2) is 14.1. The van der Waals surface area contributed by atoms with E-state index < -0.39 is 41.1 Å². The molecule has 1 atom stereocenters. The lowest BCUT2D eigenvalue weighted by Crippen LogP contribution is -2.46. The summed E-state index contributed by atoms with van der Waals surface area (Å²) in [6.45, 7) is 5.74. The zero-order valence-electron chi connectivity index (χ0n) is 29.7. The fraction of sp³-hybridized carbons (Fsp3) is 0.361. The molecule has 1 aromatic carbocycles. The van der Waals surface area contributed by atoms with Crippen LogP contribution in [-0.2, 0) is 22.9 Å². The first-order valence-corrected chi connectivity index (χ1v) is 17.7. The first-order valence-electron chi connectivity index (χ1n) is 17.4. The van der Waals surface area contributed by atoms with E-state index in [4.69, 9.17) is 11.6 Å². The van der Waals surface area contributed by atoms with Crippen LogP contribution < -0.4 is 16.2 Å². The van der Waals surface area contributed by atoms with Crippen molar-refractivity contribution in [2.45, 2.75) is 64.1 Å². The van der Waals surface area contributed by atoms with Gasteiger partial charge in [0.05, 0.1) is 22.0 Å². The number of anilines is 1. The topological polar surface area (TPSA) is 190 Å². The second-order valence-corrected chi connectivity index (χ2v) is 14.1. The number of amides is 3. The van der Waals surface area contributed by atoms with Crippen molar-refractivity contribution >= 4 is 40.8 Å². The molecule has 3 amide bonds. The fourth-order valence-corrected chi connectivity index (χ4v) is 7.78. The van der Waals surface area contributed by atoms with E-state index in [1.54, 1.807) is 29.4 Å². The summed E-state index contributed by atoms with van der Waals surface area (Å²) in [6.07, 6.45) is -0.769. The molecule has 286 valence electrons. The molecule has 7 rings (SSSR count). The smallest absolute Gasteiger partial charge is 0.416 e. The van der Waals surface area contributed by atoms with Gasteiger partial charge in [-0.25, -0.2) is 9.97 Å². The lowest BCUT2D eigenvalue weighted by Gasteiger charge is -2.39. The second-order valence-electron chi connectivity index (χ2n) is 13.7. The predicted molar refractivity (Wildman–Crippen MR) is 192 cm³/mol. The summed E-state index contributed by atoms with van der Waals surface area (Å²) in [5.74, 6) is -1.94. The van der Waals surface area contributed by atoms with Crippen molar-refractivity contribution in [1.29, 1.82) is 0 Å². The van der Waals surface area contributed by atoms with Crippen molar-refractivity contribution in [3.63, 3.8) is 0 Å². The van der Waals surface area contributed by atoms with Crippen LogP contribution in [0, 0.1) is 6.92 Å². The van der Waals surface area contributed by atoms with Gasteiger partial charge in [-0.2, -0.15) is 22.7 Å². The molecule has 1 fully saturated rings. The van der Waals surface area contributed by atoms with E-state index in [1.165, 1.54) is 18.6 Å². The van der Waals surface area contributed by atoms with E-state index in [9.17, 15) is 37.5 Å². The minimum absolute atomic E-state index is 0.0336. The van der Waals surface area contributed by atoms with E-state index in [0.717, 1.165) is 22.7 Å². The number of rotatable bonds is 7. The number of likely N-dealkylation sites (tertiary alicyclic amines) is 1. The zero-order chi connectivity index (χ0) is 39.4. The predicted octanol–water partition coefficient (Wildman–Crippen LogP) is 4.50. The molecular weight excluding hydrogens is 745 g/mol. The summed E-state index contributed by atoms with van der Waals surface area (Å²) in [5.41, 5.74) is -0.533. The number of halogens is 4. The molecule has 55 heavy (non-hydrogen) atoms. The Hall–Kier alpha value is -5.91. The van der Waals surface area contributed by atoms with E-state index in [-0.39, 0.29) is 70.1 Å². The third-order valence-electron chi connectivity index (χ3n) is 10.2. The average Bonchev–Trinajstić information content (AvgIpc) is 3.72. The minimum Gasteiger partial charge on any atom is -0.504 e. The molecule has 1 aliphatic carbocycles. The van der Waals surface area contributed by atoms with Crippen molar-refractivity contribution in [3.05, 3.63) is 92.1 Å². The SMILES string of the molecule is CCNC(=O)c1ccc(-c2nc3n(CC(=O)Nc4ccc(C(F)(F)F)cc4Cl)c4c(c(=O)n3n2)C2(CCN(C(=O)c3ncnc(C)c3O)CC2)CC4C)cn1. The highest BCUT2D eigenvalue weighted by atomic mass is 35.5. The molecule has 0 saturated carbocycles. The monoisotopic (exact) mass is 778 g/mol. The van der Waals surface area contributed by atoms with Gasteiger partial charge in [0.1, 0.15) is 18.6 Å². The number of hydrogen-bond donors (Lipinski definition) is 3. The Morgan fingerprint density at radius 1 is 1.09 bits per heavy atom. The maximum atomic E-state index is 14.5. The van der Waals surface area contributed by atoms with Gasteiger partial charge in [0.2, 0.25) is 11.7 Å². The highest BCUT2D eigenvalue weighted by Gasteiger charge is 2.49. The summed E-state index contributed by atoms with van der Waals surface area (Å²) >= 11 is 6.15. The van der Waals surface area contributed by atoms with E-state index in [0.29, 0.717) is 42.6 Å². The van der Waals surface area contributed by atoms with Crippen LogP contribution in [0.3, 0.4) is 0 Å². The number of aromatic nitrogens is 7. The van der Waals surface area contributed by atoms with E-state index in [2.05, 4.69) is 35.7 Å². The Balaban J connectivity index is 1.28. The van der Waals surface area contributed by atoms with Crippen LogP contribution in [0.2, 0.25) is 5.02 Å². The third kappa shape index (κ3) is 6.74.